The minimum atomic E-state index is 0.614. The molecular weight excluding hydrogens is 264 g/mol. The van der Waals surface area contributed by atoms with Crippen LogP contribution in [0.3, 0.4) is 0 Å². The van der Waals surface area contributed by atoms with Gasteiger partial charge in [0.25, 0.3) is 0 Å². The summed E-state index contributed by atoms with van der Waals surface area (Å²) in [4.78, 5) is 4.33. The predicted octanol–water partition coefficient (Wildman–Crippen LogP) is 3.69. The Labute approximate surface area is 126 Å². The first-order valence-electron chi connectivity index (χ1n) is 7.21. The first kappa shape index (κ1) is 15.3. The monoisotopic (exact) mass is 286 g/mol. The van der Waals surface area contributed by atoms with E-state index >= 15 is 0 Å². The van der Waals surface area contributed by atoms with Gasteiger partial charge in [0.15, 0.2) is 11.5 Å². The summed E-state index contributed by atoms with van der Waals surface area (Å²) in [5.74, 6) is 2.01. The molecular formula is C17H22N2O2. The van der Waals surface area contributed by atoms with Gasteiger partial charge in [-0.1, -0.05) is 19.1 Å². The zero-order valence-electron chi connectivity index (χ0n) is 12.8. The fourth-order valence-electron chi connectivity index (χ4n) is 2.01. The number of methoxy groups -OCH3 is 1. The quantitative estimate of drug-likeness (QED) is 0.788. The molecule has 0 amide bonds. The molecule has 2 aromatic rings. The van der Waals surface area contributed by atoms with Crippen molar-refractivity contribution >= 4 is 0 Å². The third kappa shape index (κ3) is 4.20. The highest BCUT2D eigenvalue weighted by Gasteiger charge is 2.10. The highest BCUT2D eigenvalue weighted by Crippen LogP contribution is 2.32. The van der Waals surface area contributed by atoms with Gasteiger partial charge in [0, 0.05) is 18.3 Å². The van der Waals surface area contributed by atoms with Crippen molar-refractivity contribution in [3.63, 3.8) is 0 Å². The standard InChI is InChI=1S/C17H22N2O2/c1-4-9-18-12-14-6-5-10-19-17(14)21-15-8-7-13(2)11-16(15)20-3/h5-8,10-11,18H,4,9,12H2,1-3H3. The van der Waals surface area contributed by atoms with Crippen molar-refractivity contribution in [3.05, 3.63) is 47.7 Å². The largest absolute Gasteiger partial charge is 0.493 e. The fourth-order valence-corrected chi connectivity index (χ4v) is 2.01. The number of aromatic nitrogens is 1. The lowest BCUT2D eigenvalue weighted by Crippen LogP contribution is -2.14. The van der Waals surface area contributed by atoms with Crippen molar-refractivity contribution < 1.29 is 9.47 Å². The van der Waals surface area contributed by atoms with Crippen LogP contribution in [0, 0.1) is 6.92 Å². The Balaban J connectivity index is 2.19. The molecule has 0 saturated carbocycles. The normalized spacial score (nSPS) is 10.4. The van der Waals surface area contributed by atoms with Crippen LogP contribution >= 0.6 is 0 Å². The maximum atomic E-state index is 5.94. The Morgan fingerprint density at radius 3 is 2.81 bits per heavy atom. The van der Waals surface area contributed by atoms with E-state index in [-0.39, 0.29) is 0 Å². The molecule has 112 valence electrons. The lowest BCUT2D eigenvalue weighted by atomic mass is 10.2. The molecule has 0 unspecified atom stereocenters. The van der Waals surface area contributed by atoms with Crippen LogP contribution in [0.2, 0.25) is 0 Å². The van der Waals surface area contributed by atoms with Crippen molar-refractivity contribution in [2.45, 2.75) is 26.8 Å². The van der Waals surface area contributed by atoms with E-state index in [1.165, 1.54) is 0 Å². The van der Waals surface area contributed by atoms with Crippen LogP contribution in [0.15, 0.2) is 36.5 Å². The summed E-state index contributed by atoms with van der Waals surface area (Å²) in [6, 6.07) is 9.79. The smallest absolute Gasteiger partial charge is 0.223 e. The lowest BCUT2D eigenvalue weighted by Gasteiger charge is -2.13. The Kier molecular flexibility index (Phi) is 5.58. The molecule has 4 nitrogen and oxygen atoms in total. The number of pyridine rings is 1. The molecule has 4 heteroatoms. The maximum Gasteiger partial charge on any atom is 0.223 e. The molecule has 1 N–H and O–H groups in total. The maximum absolute atomic E-state index is 5.94. The number of rotatable bonds is 7. The summed E-state index contributed by atoms with van der Waals surface area (Å²) in [5, 5.41) is 3.36. The van der Waals surface area contributed by atoms with Crippen LogP contribution in [0.25, 0.3) is 0 Å². The number of hydrogen-bond acceptors (Lipinski definition) is 4. The van der Waals surface area contributed by atoms with Gasteiger partial charge in [0.05, 0.1) is 7.11 Å². The van der Waals surface area contributed by atoms with E-state index < -0.39 is 0 Å². The van der Waals surface area contributed by atoms with Gasteiger partial charge in [-0.15, -0.1) is 0 Å². The second-order valence-electron chi connectivity index (χ2n) is 4.90. The van der Waals surface area contributed by atoms with Gasteiger partial charge >= 0.3 is 0 Å². The van der Waals surface area contributed by atoms with Crippen molar-refractivity contribution in [1.29, 1.82) is 0 Å². The molecule has 0 aliphatic rings. The Hall–Kier alpha value is -2.07. The summed E-state index contributed by atoms with van der Waals surface area (Å²) < 4.78 is 11.3. The molecule has 0 aliphatic heterocycles. The fraction of sp³-hybridized carbons (Fsp3) is 0.353. The Bertz CT molecular complexity index is 585. The van der Waals surface area contributed by atoms with E-state index in [2.05, 4.69) is 17.2 Å². The van der Waals surface area contributed by atoms with Crippen LogP contribution in [0.4, 0.5) is 0 Å². The van der Waals surface area contributed by atoms with Gasteiger partial charge in [-0.05, 0) is 43.7 Å². The second-order valence-corrected chi connectivity index (χ2v) is 4.90. The predicted molar refractivity (Wildman–Crippen MR) is 84.0 cm³/mol. The molecule has 0 aliphatic carbocycles. The number of hydrogen-bond donors (Lipinski definition) is 1. The minimum Gasteiger partial charge on any atom is -0.493 e. The molecule has 0 bridgehead atoms. The highest BCUT2D eigenvalue weighted by molar-refractivity contribution is 5.45. The SMILES string of the molecule is CCCNCc1cccnc1Oc1ccc(C)cc1OC. The van der Waals surface area contributed by atoms with E-state index in [1.807, 2.05) is 37.3 Å². The Morgan fingerprint density at radius 1 is 1.19 bits per heavy atom. The molecule has 0 saturated heterocycles. The molecule has 2 rings (SSSR count). The van der Waals surface area contributed by atoms with Gasteiger partial charge in [-0.3, -0.25) is 0 Å². The lowest BCUT2D eigenvalue weighted by molar-refractivity contribution is 0.371. The Morgan fingerprint density at radius 2 is 2.05 bits per heavy atom. The molecule has 21 heavy (non-hydrogen) atoms. The van der Waals surface area contributed by atoms with Crippen LogP contribution in [0.1, 0.15) is 24.5 Å². The summed E-state index contributed by atoms with van der Waals surface area (Å²) >= 11 is 0. The summed E-state index contributed by atoms with van der Waals surface area (Å²) in [7, 11) is 1.64. The zero-order chi connectivity index (χ0) is 15.1. The average molecular weight is 286 g/mol. The number of benzene rings is 1. The number of aryl methyl sites for hydroxylation is 1. The van der Waals surface area contributed by atoms with E-state index in [0.29, 0.717) is 17.4 Å². The third-order valence-corrected chi connectivity index (χ3v) is 3.12. The van der Waals surface area contributed by atoms with Crippen molar-refractivity contribution in [2.24, 2.45) is 0 Å². The van der Waals surface area contributed by atoms with Gasteiger partial charge in [-0.2, -0.15) is 0 Å². The zero-order valence-corrected chi connectivity index (χ0v) is 12.8. The first-order chi connectivity index (χ1) is 10.2. The first-order valence-corrected chi connectivity index (χ1v) is 7.21. The van der Waals surface area contributed by atoms with E-state index in [1.54, 1.807) is 13.3 Å². The van der Waals surface area contributed by atoms with Crippen molar-refractivity contribution in [2.75, 3.05) is 13.7 Å². The molecule has 0 spiro atoms. The summed E-state index contributed by atoms with van der Waals surface area (Å²) in [5.41, 5.74) is 2.17. The summed E-state index contributed by atoms with van der Waals surface area (Å²) in [6.45, 7) is 5.88. The highest BCUT2D eigenvalue weighted by atomic mass is 16.5. The topological polar surface area (TPSA) is 43.4 Å². The second kappa shape index (κ2) is 7.64. The van der Waals surface area contributed by atoms with Crippen molar-refractivity contribution in [3.8, 4) is 17.4 Å². The van der Waals surface area contributed by atoms with E-state index in [4.69, 9.17) is 9.47 Å². The van der Waals surface area contributed by atoms with Crippen LogP contribution < -0.4 is 14.8 Å². The summed E-state index contributed by atoms with van der Waals surface area (Å²) in [6.07, 6.45) is 2.83. The van der Waals surface area contributed by atoms with E-state index in [0.717, 1.165) is 30.6 Å². The van der Waals surface area contributed by atoms with Crippen LogP contribution in [-0.4, -0.2) is 18.6 Å². The van der Waals surface area contributed by atoms with Gasteiger partial charge in [0.2, 0.25) is 5.88 Å². The number of nitrogens with zero attached hydrogens (tertiary/aromatic N) is 1. The molecule has 1 aromatic heterocycles. The molecule has 1 heterocycles. The molecule has 0 radical (unpaired) electrons. The minimum absolute atomic E-state index is 0.614. The molecule has 1 aromatic carbocycles. The van der Waals surface area contributed by atoms with Crippen LogP contribution in [-0.2, 0) is 6.54 Å². The van der Waals surface area contributed by atoms with Gasteiger partial charge < -0.3 is 14.8 Å². The average Bonchev–Trinajstić information content (AvgIpc) is 2.51. The third-order valence-electron chi connectivity index (χ3n) is 3.12. The molecule has 0 atom stereocenters. The van der Waals surface area contributed by atoms with E-state index in [9.17, 15) is 0 Å². The molecule has 0 fully saturated rings. The van der Waals surface area contributed by atoms with Gasteiger partial charge in [-0.25, -0.2) is 4.98 Å². The number of ether oxygens (including phenoxy) is 2. The van der Waals surface area contributed by atoms with Crippen molar-refractivity contribution in [1.82, 2.24) is 10.3 Å². The van der Waals surface area contributed by atoms with Crippen LogP contribution in [0.5, 0.6) is 17.4 Å². The number of nitrogens with one attached hydrogen (secondary N) is 1. The van der Waals surface area contributed by atoms with Gasteiger partial charge in [0.1, 0.15) is 0 Å².